The molecule has 0 spiro atoms. The van der Waals surface area contributed by atoms with Crippen LogP contribution in [0.1, 0.15) is 13.3 Å². The molecule has 0 saturated heterocycles. The van der Waals surface area contributed by atoms with E-state index in [2.05, 4.69) is 0 Å². The maximum atomic E-state index is 12.7. The highest BCUT2D eigenvalue weighted by atomic mass is 32.3. The van der Waals surface area contributed by atoms with Gasteiger partial charge in [-0.3, -0.25) is 0 Å². The summed E-state index contributed by atoms with van der Waals surface area (Å²) in [5, 5.41) is 0. The second-order valence-corrected chi connectivity index (χ2v) is 8.29. The van der Waals surface area contributed by atoms with Gasteiger partial charge in [-0.1, -0.05) is 6.92 Å². The van der Waals surface area contributed by atoms with Crippen LogP contribution < -0.4 is 4.57 Å². The molecule has 0 bridgehead atoms. The highest BCUT2D eigenvalue weighted by Gasteiger charge is 2.48. The van der Waals surface area contributed by atoms with Crippen molar-refractivity contribution in [1.82, 2.24) is 4.57 Å². The monoisotopic (exact) mass is 491 g/mol. The molecule has 1 aromatic rings. The fraction of sp³-hybridized carbons (Fsp3) is 0.700. The van der Waals surface area contributed by atoms with Crippen LogP contribution in [0.4, 0.5) is 43.9 Å². The van der Waals surface area contributed by atoms with E-state index in [1.807, 2.05) is 6.92 Å². The number of aromatic nitrogens is 2. The van der Waals surface area contributed by atoms with Gasteiger partial charge in [0.1, 0.15) is 12.4 Å². The number of sulfonamides is 2. The number of nitrogens with zero attached hydrogens (tertiary/aromatic N) is 3. The molecular formula is C10H11F10N3O4S2. The molecule has 0 amide bonds. The molecule has 19 heteroatoms. The Hall–Kier alpha value is -1.63. The van der Waals surface area contributed by atoms with Gasteiger partial charge in [-0.15, -0.1) is 0 Å². The van der Waals surface area contributed by atoms with Crippen LogP contribution in [-0.2, 0) is 32.6 Å². The molecule has 29 heavy (non-hydrogen) atoms. The summed E-state index contributed by atoms with van der Waals surface area (Å²) in [6, 6.07) is -4.13. The van der Waals surface area contributed by atoms with Crippen molar-refractivity contribution in [3.63, 3.8) is 0 Å². The summed E-state index contributed by atoms with van der Waals surface area (Å²) in [5.74, 6) is 0. The lowest BCUT2D eigenvalue weighted by Gasteiger charge is -2.22. The number of imidazole rings is 1. The highest BCUT2D eigenvalue weighted by molar-refractivity contribution is 8.13. The predicted octanol–water partition coefficient (Wildman–Crippen LogP) is 3.06. The third-order valence-corrected chi connectivity index (χ3v) is 5.30. The first kappa shape index (κ1) is 27.4. The lowest BCUT2D eigenvalue weighted by molar-refractivity contribution is -0.697. The van der Waals surface area contributed by atoms with E-state index in [1.165, 1.54) is 10.8 Å². The fourth-order valence-electron chi connectivity index (χ4n) is 1.29. The van der Waals surface area contributed by atoms with Crippen LogP contribution in [0.3, 0.4) is 0 Å². The van der Waals surface area contributed by atoms with E-state index in [1.54, 1.807) is 0 Å². The van der Waals surface area contributed by atoms with Crippen molar-refractivity contribution in [2.75, 3.05) is 0 Å². The third-order valence-electron chi connectivity index (χ3n) is 2.56. The van der Waals surface area contributed by atoms with Crippen molar-refractivity contribution >= 4 is 20.0 Å². The summed E-state index contributed by atoms with van der Waals surface area (Å²) in [6.45, 7) is 2.40. The lowest BCUT2D eigenvalue weighted by atomic mass is 10.5. The van der Waals surface area contributed by atoms with Gasteiger partial charge in [-0.2, -0.15) is 48.5 Å². The van der Waals surface area contributed by atoms with Crippen LogP contribution in [0.15, 0.2) is 18.7 Å². The Morgan fingerprint density at radius 3 is 1.66 bits per heavy atom. The molecule has 0 atom stereocenters. The standard InChI is InChI=1S/C8H11F4N2.C2F6NO4S2/c1-2-3-13-4-5-14(6-13)8(11,12)7(9)10;3-1(4,5)14(10,11)9-15(12,13)2(6,7)8/h4-7H,2-3H2,1H3;/q+1;-1. The summed E-state index contributed by atoms with van der Waals surface area (Å²) in [5.41, 5.74) is -12.4. The average molecular weight is 491 g/mol. The molecule has 172 valence electrons. The molecule has 1 rings (SSSR count). The molecule has 0 radical (unpaired) electrons. The van der Waals surface area contributed by atoms with Gasteiger partial charge < -0.3 is 4.13 Å². The van der Waals surface area contributed by atoms with E-state index in [0.717, 1.165) is 23.1 Å². The maximum absolute atomic E-state index is 12.7. The zero-order chi connectivity index (χ0) is 23.5. The zero-order valence-corrected chi connectivity index (χ0v) is 15.4. The van der Waals surface area contributed by atoms with Crippen molar-refractivity contribution < 1.29 is 65.3 Å². The number of alkyl halides is 10. The van der Waals surface area contributed by atoms with Gasteiger partial charge in [-0.25, -0.2) is 21.4 Å². The molecular weight excluding hydrogens is 480 g/mol. The molecule has 7 nitrogen and oxygen atoms in total. The smallest absolute Gasteiger partial charge is 0.421 e. The number of rotatable bonds is 6. The van der Waals surface area contributed by atoms with Crippen LogP contribution in [0.25, 0.3) is 4.13 Å². The van der Waals surface area contributed by atoms with Crippen molar-refractivity contribution in [3.8, 4) is 0 Å². The Morgan fingerprint density at radius 1 is 0.931 bits per heavy atom. The second kappa shape index (κ2) is 9.02. The minimum absolute atomic E-state index is 0.229. The van der Waals surface area contributed by atoms with Crippen molar-refractivity contribution in [3.05, 3.63) is 22.8 Å². The fourth-order valence-corrected chi connectivity index (χ4v) is 3.00. The first-order valence-electron chi connectivity index (χ1n) is 6.79. The quantitative estimate of drug-likeness (QED) is 0.452. The number of hydrogen-bond donors (Lipinski definition) is 0. The van der Waals surface area contributed by atoms with E-state index in [0.29, 0.717) is 6.54 Å². The van der Waals surface area contributed by atoms with Gasteiger partial charge in [0.15, 0.2) is 20.0 Å². The third kappa shape index (κ3) is 7.28. The normalized spacial score (nSPS) is 13.9. The number of aryl methyl sites for hydroxylation is 1. The molecule has 1 aromatic heterocycles. The summed E-state index contributed by atoms with van der Waals surface area (Å²) < 4.78 is 160. The molecule has 0 aliphatic rings. The van der Waals surface area contributed by atoms with Crippen molar-refractivity contribution in [2.24, 2.45) is 0 Å². The van der Waals surface area contributed by atoms with E-state index >= 15 is 0 Å². The predicted molar refractivity (Wildman–Crippen MR) is 74.4 cm³/mol. The van der Waals surface area contributed by atoms with Crippen LogP contribution in [0.2, 0.25) is 0 Å². The Morgan fingerprint density at radius 2 is 1.34 bits per heavy atom. The van der Waals surface area contributed by atoms with Gasteiger partial charge in [-0.05, 0) is 6.42 Å². The zero-order valence-electron chi connectivity index (χ0n) is 13.8. The van der Waals surface area contributed by atoms with Gasteiger partial charge in [0, 0.05) is 0 Å². The van der Waals surface area contributed by atoms with Gasteiger partial charge in [0.2, 0.25) is 6.33 Å². The molecule has 1 heterocycles. The maximum Gasteiger partial charge on any atom is 0.480 e. The summed E-state index contributed by atoms with van der Waals surface area (Å²) in [6.07, 6.45) is 0.344. The molecule has 0 fully saturated rings. The molecule has 0 aliphatic heterocycles. The summed E-state index contributed by atoms with van der Waals surface area (Å²) in [4.78, 5) is 0. The molecule has 0 N–H and O–H groups in total. The largest absolute Gasteiger partial charge is 0.480 e. The molecule has 0 aliphatic carbocycles. The topological polar surface area (TPSA) is 91.2 Å². The van der Waals surface area contributed by atoms with E-state index in [-0.39, 0.29) is 4.57 Å². The number of hydrogen-bond acceptors (Lipinski definition) is 4. The Kier molecular flexibility index (Phi) is 8.52. The van der Waals surface area contributed by atoms with Crippen molar-refractivity contribution in [1.29, 1.82) is 0 Å². The van der Waals surface area contributed by atoms with Crippen LogP contribution in [0, 0.1) is 0 Å². The first-order chi connectivity index (χ1) is 12.7. The van der Waals surface area contributed by atoms with Gasteiger partial charge in [0.05, 0.1) is 6.54 Å². The van der Waals surface area contributed by atoms with Gasteiger partial charge in [0.25, 0.3) is 0 Å². The Balaban J connectivity index is 0.000000541. The summed E-state index contributed by atoms with van der Waals surface area (Å²) in [7, 11) is -13.4. The van der Waals surface area contributed by atoms with Crippen LogP contribution >= 0.6 is 0 Å². The SMILES string of the molecule is CCC[n+]1ccn(C(F)(F)C(F)F)c1.O=S(=O)([N-]S(=O)(=O)C(F)(F)F)C(F)(F)F. The van der Waals surface area contributed by atoms with Crippen LogP contribution in [-0.4, -0.2) is 38.8 Å². The van der Waals surface area contributed by atoms with E-state index in [9.17, 15) is 60.7 Å². The summed E-state index contributed by atoms with van der Waals surface area (Å²) >= 11 is 0. The molecule has 0 aromatic carbocycles. The van der Waals surface area contributed by atoms with E-state index in [4.69, 9.17) is 0 Å². The minimum atomic E-state index is -6.72. The first-order valence-corrected chi connectivity index (χ1v) is 9.67. The lowest BCUT2D eigenvalue weighted by Crippen LogP contribution is -2.35. The van der Waals surface area contributed by atoms with Gasteiger partial charge >= 0.3 is 23.5 Å². The van der Waals surface area contributed by atoms with Crippen molar-refractivity contribution in [2.45, 2.75) is 43.4 Å². The Labute approximate surface area is 157 Å². The highest BCUT2D eigenvalue weighted by Crippen LogP contribution is 2.36. The Bertz CT molecular complexity index is 832. The van der Waals surface area contributed by atoms with Crippen LogP contribution in [0.5, 0.6) is 0 Å². The van der Waals surface area contributed by atoms with E-state index < -0.39 is 43.5 Å². The molecule has 0 saturated carbocycles. The second-order valence-electron chi connectivity index (χ2n) is 4.86. The number of halogens is 10. The molecule has 0 unspecified atom stereocenters. The minimum Gasteiger partial charge on any atom is -0.421 e. The average Bonchev–Trinajstić information content (AvgIpc) is 2.94.